The van der Waals surface area contributed by atoms with E-state index >= 15 is 0 Å². The van der Waals surface area contributed by atoms with Gasteiger partial charge in [-0.2, -0.15) is 10.2 Å². The van der Waals surface area contributed by atoms with Gasteiger partial charge in [0.1, 0.15) is 5.69 Å². The highest BCUT2D eigenvalue weighted by Gasteiger charge is 2.19. The van der Waals surface area contributed by atoms with Crippen molar-refractivity contribution in [1.82, 2.24) is 29.9 Å². The van der Waals surface area contributed by atoms with Gasteiger partial charge < -0.3 is 5.32 Å². The van der Waals surface area contributed by atoms with Gasteiger partial charge in [-0.15, -0.1) is 0 Å². The maximum atomic E-state index is 13.2. The molecule has 0 unspecified atom stereocenters. The van der Waals surface area contributed by atoms with Gasteiger partial charge in [0, 0.05) is 42.5 Å². The Morgan fingerprint density at radius 2 is 1.62 bits per heavy atom. The fraction of sp³-hybridized carbons (Fsp3) is 0.0400. The van der Waals surface area contributed by atoms with Gasteiger partial charge in [0.15, 0.2) is 5.82 Å². The molecule has 0 aliphatic heterocycles. The van der Waals surface area contributed by atoms with Crippen LogP contribution in [0.25, 0.3) is 22.8 Å². The zero-order valence-electron chi connectivity index (χ0n) is 17.2. The van der Waals surface area contributed by atoms with Crippen molar-refractivity contribution in [1.29, 1.82) is 0 Å². The van der Waals surface area contributed by atoms with E-state index in [0.717, 1.165) is 16.8 Å². The summed E-state index contributed by atoms with van der Waals surface area (Å²) < 4.78 is 3.42. The van der Waals surface area contributed by atoms with E-state index in [1.165, 1.54) is 0 Å². The molecule has 0 fully saturated rings. The Bertz CT molecular complexity index is 1330. The number of hydrogen-bond donors (Lipinski definition) is 1. The fourth-order valence-corrected chi connectivity index (χ4v) is 3.50. The van der Waals surface area contributed by atoms with Crippen LogP contribution in [0.3, 0.4) is 0 Å². The van der Waals surface area contributed by atoms with Gasteiger partial charge in [-0.3, -0.25) is 4.79 Å². The molecule has 0 bridgehead atoms. The lowest BCUT2D eigenvalue weighted by Gasteiger charge is -2.10. The van der Waals surface area contributed by atoms with Crippen LogP contribution in [0.5, 0.6) is 0 Å². The molecule has 0 aliphatic carbocycles. The Kier molecular flexibility index (Phi) is 5.28. The number of aromatic nitrogens is 5. The first-order chi connectivity index (χ1) is 15.8. The normalized spacial score (nSPS) is 10.8. The molecule has 1 N–H and O–H groups in total. The van der Waals surface area contributed by atoms with Crippen LogP contribution in [0.1, 0.15) is 15.9 Å². The first-order valence-corrected chi connectivity index (χ1v) is 10.2. The van der Waals surface area contributed by atoms with Crippen molar-refractivity contribution in [2.24, 2.45) is 0 Å². The average Bonchev–Trinajstić information content (AvgIpc) is 3.55. The Hall–Kier alpha value is -4.52. The molecule has 5 rings (SSSR count). The molecule has 3 aromatic heterocycles. The van der Waals surface area contributed by atoms with Crippen molar-refractivity contribution in [3.63, 3.8) is 0 Å². The van der Waals surface area contributed by atoms with Crippen molar-refractivity contribution in [2.75, 3.05) is 0 Å². The number of para-hydroxylation sites is 1. The molecular weight excluding hydrogens is 400 g/mol. The van der Waals surface area contributed by atoms with Crippen molar-refractivity contribution in [3.05, 3.63) is 115 Å². The largest absolute Gasteiger partial charge is 0.348 e. The standard InChI is InChI=1S/C25H20N6O/c32-25(27-17-20-11-7-14-26-24(20)30-16-8-15-28-30)22-18-31(21-12-5-2-6-13-21)29-23(22)19-9-3-1-4-10-19/h1-16,18H,17H2,(H,27,32). The molecule has 0 saturated heterocycles. The first kappa shape index (κ1) is 19.4. The minimum atomic E-state index is -0.207. The van der Waals surface area contributed by atoms with Crippen LogP contribution in [0.4, 0.5) is 0 Å². The second-order valence-corrected chi connectivity index (χ2v) is 7.16. The summed E-state index contributed by atoms with van der Waals surface area (Å²) in [6.45, 7) is 0.312. The lowest BCUT2D eigenvalue weighted by molar-refractivity contribution is 0.0951. The number of nitrogens with one attached hydrogen (secondary N) is 1. The highest BCUT2D eigenvalue weighted by molar-refractivity contribution is 5.99. The van der Waals surface area contributed by atoms with Gasteiger partial charge in [-0.05, 0) is 24.3 Å². The number of pyridine rings is 1. The number of amides is 1. The van der Waals surface area contributed by atoms with Crippen molar-refractivity contribution in [2.45, 2.75) is 6.54 Å². The molecule has 2 aromatic carbocycles. The molecule has 0 spiro atoms. The van der Waals surface area contributed by atoms with E-state index in [1.54, 1.807) is 28.0 Å². The molecule has 156 valence electrons. The van der Waals surface area contributed by atoms with Crippen molar-refractivity contribution in [3.8, 4) is 22.8 Å². The van der Waals surface area contributed by atoms with Crippen LogP contribution in [-0.4, -0.2) is 30.5 Å². The second kappa shape index (κ2) is 8.69. The van der Waals surface area contributed by atoms with Crippen LogP contribution in [0.15, 0.2) is 104 Å². The molecule has 1 amide bonds. The summed E-state index contributed by atoms with van der Waals surface area (Å²) in [5.74, 6) is 0.474. The molecule has 0 saturated carbocycles. The Balaban J connectivity index is 1.46. The predicted octanol–water partition coefficient (Wildman–Crippen LogP) is 4.05. The summed E-state index contributed by atoms with van der Waals surface area (Å²) in [7, 11) is 0. The summed E-state index contributed by atoms with van der Waals surface area (Å²) in [5, 5.41) is 12.0. The van der Waals surface area contributed by atoms with E-state index in [1.807, 2.05) is 85.1 Å². The number of hydrogen-bond acceptors (Lipinski definition) is 4. The monoisotopic (exact) mass is 420 g/mol. The highest BCUT2D eigenvalue weighted by atomic mass is 16.1. The third kappa shape index (κ3) is 3.91. The van der Waals surface area contributed by atoms with E-state index in [2.05, 4.69) is 15.4 Å². The number of carbonyl (C=O) groups excluding carboxylic acids is 1. The molecule has 7 nitrogen and oxygen atoms in total. The Morgan fingerprint density at radius 1 is 0.844 bits per heavy atom. The Labute approximate surface area is 185 Å². The summed E-state index contributed by atoms with van der Waals surface area (Å²) in [6, 6.07) is 25.1. The molecule has 0 aliphatic rings. The fourth-order valence-electron chi connectivity index (χ4n) is 3.50. The van der Waals surface area contributed by atoms with E-state index in [9.17, 15) is 4.79 Å². The number of nitrogens with zero attached hydrogens (tertiary/aromatic N) is 5. The van der Waals surface area contributed by atoms with Gasteiger partial charge >= 0.3 is 0 Å². The van der Waals surface area contributed by atoms with Crippen LogP contribution < -0.4 is 5.32 Å². The summed E-state index contributed by atoms with van der Waals surface area (Å²) in [5.41, 5.74) is 3.76. The second-order valence-electron chi connectivity index (χ2n) is 7.16. The van der Waals surface area contributed by atoms with E-state index in [4.69, 9.17) is 5.10 Å². The summed E-state index contributed by atoms with van der Waals surface area (Å²) in [6.07, 6.45) is 7.00. The number of rotatable bonds is 6. The molecular formula is C25H20N6O. The number of carbonyl (C=O) groups is 1. The van der Waals surface area contributed by atoms with E-state index in [-0.39, 0.29) is 5.91 Å². The average molecular weight is 420 g/mol. The predicted molar refractivity (Wildman–Crippen MR) is 122 cm³/mol. The van der Waals surface area contributed by atoms with Crippen LogP contribution >= 0.6 is 0 Å². The Morgan fingerprint density at radius 3 is 2.38 bits per heavy atom. The quantitative estimate of drug-likeness (QED) is 0.450. The minimum absolute atomic E-state index is 0.207. The third-order valence-electron chi connectivity index (χ3n) is 5.06. The SMILES string of the molecule is O=C(NCc1cccnc1-n1cccn1)c1cn(-c2ccccc2)nc1-c1ccccc1. The molecule has 7 heteroatoms. The summed E-state index contributed by atoms with van der Waals surface area (Å²) in [4.78, 5) is 17.7. The molecule has 3 heterocycles. The molecule has 32 heavy (non-hydrogen) atoms. The first-order valence-electron chi connectivity index (χ1n) is 10.2. The minimum Gasteiger partial charge on any atom is -0.348 e. The highest BCUT2D eigenvalue weighted by Crippen LogP contribution is 2.24. The zero-order valence-corrected chi connectivity index (χ0v) is 17.2. The van der Waals surface area contributed by atoms with Gasteiger partial charge in [0.05, 0.1) is 11.3 Å². The van der Waals surface area contributed by atoms with E-state index < -0.39 is 0 Å². The zero-order chi connectivity index (χ0) is 21.8. The molecule has 0 atom stereocenters. The maximum Gasteiger partial charge on any atom is 0.255 e. The number of benzene rings is 2. The third-order valence-corrected chi connectivity index (χ3v) is 5.06. The molecule has 0 radical (unpaired) electrons. The van der Waals surface area contributed by atoms with Crippen LogP contribution in [0.2, 0.25) is 0 Å². The topological polar surface area (TPSA) is 77.6 Å². The van der Waals surface area contributed by atoms with Crippen LogP contribution in [-0.2, 0) is 6.54 Å². The van der Waals surface area contributed by atoms with Gasteiger partial charge in [-0.1, -0.05) is 54.6 Å². The molecule has 5 aromatic rings. The van der Waals surface area contributed by atoms with Gasteiger partial charge in [0.25, 0.3) is 5.91 Å². The van der Waals surface area contributed by atoms with Crippen LogP contribution in [0, 0.1) is 0 Å². The lowest BCUT2D eigenvalue weighted by Crippen LogP contribution is -2.24. The van der Waals surface area contributed by atoms with E-state index in [0.29, 0.717) is 23.6 Å². The summed E-state index contributed by atoms with van der Waals surface area (Å²) >= 11 is 0. The maximum absolute atomic E-state index is 13.2. The lowest BCUT2D eigenvalue weighted by atomic mass is 10.1. The smallest absolute Gasteiger partial charge is 0.255 e. The van der Waals surface area contributed by atoms with Crippen molar-refractivity contribution >= 4 is 5.91 Å². The van der Waals surface area contributed by atoms with Crippen molar-refractivity contribution < 1.29 is 4.79 Å². The van der Waals surface area contributed by atoms with Gasteiger partial charge in [-0.25, -0.2) is 14.3 Å². The van der Waals surface area contributed by atoms with Gasteiger partial charge in [0.2, 0.25) is 0 Å².